The van der Waals surface area contributed by atoms with Gasteiger partial charge in [0.05, 0.1) is 25.4 Å². The number of nitrogens with one attached hydrogen (secondary N) is 1. The van der Waals surface area contributed by atoms with Gasteiger partial charge in [-0.1, -0.05) is 6.92 Å². The van der Waals surface area contributed by atoms with E-state index in [-0.39, 0.29) is 17.4 Å². The molecule has 2 rings (SSSR count). The summed E-state index contributed by atoms with van der Waals surface area (Å²) in [6.45, 7) is 2.81. The molecule has 2 N–H and O–H groups in total. The van der Waals surface area contributed by atoms with Crippen LogP contribution in [0.2, 0.25) is 0 Å². The van der Waals surface area contributed by atoms with Gasteiger partial charge in [0, 0.05) is 5.41 Å². The molecule has 1 saturated heterocycles. The Hall–Kier alpha value is -0.610. The minimum atomic E-state index is -0.536. The second-order valence-electron chi connectivity index (χ2n) is 4.32. The van der Waals surface area contributed by atoms with Crippen molar-refractivity contribution in [3.05, 3.63) is 0 Å². The molecule has 1 saturated carbocycles. The molecule has 0 unspecified atom stereocenters. The van der Waals surface area contributed by atoms with Crippen molar-refractivity contribution in [1.82, 2.24) is 5.32 Å². The van der Waals surface area contributed by atoms with Crippen LogP contribution in [0.3, 0.4) is 0 Å². The molecule has 80 valence electrons. The van der Waals surface area contributed by atoms with Gasteiger partial charge in [-0.15, -0.1) is 0 Å². The van der Waals surface area contributed by atoms with Gasteiger partial charge < -0.3 is 15.2 Å². The molecule has 2 atom stereocenters. The SMILES string of the molecule is CCC1(C(=O)N[C@@H]2COC[C@H]2O)CC1. The molecule has 1 aliphatic heterocycles. The summed E-state index contributed by atoms with van der Waals surface area (Å²) in [6, 6.07) is -0.202. The Bertz CT molecular complexity index is 238. The molecule has 4 nitrogen and oxygen atoms in total. The summed E-state index contributed by atoms with van der Waals surface area (Å²) in [5.41, 5.74) is -0.123. The Morgan fingerprint density at radius 1 is 1.57 bits per heavy atom. The first kappa shape index (κ1) is 9.93. The van der Waals surface area contributed by atoms with Crippen molar-refractivity contribution in [3.63, 3.8) is 0 Å². The molecule has 2 fully saturated rings. The lowest BCUT2D eigenvalue weighted by molar-refractivity contribution is -0.127. The van der Waals surface area contributed by atoms with Gasteiger partial charge in [0.1, 0.15) is 0 Å². The van der Waals surface area contributed by atoms with Crippen LogP contribution in [0.5, 0.6) is 0 Å². The van der Waals surface area contributed by atoms with E-state index < -0.39 is 6.10 Å². The molecular weight excluding hydrogens is 182 g/mol. The Balaban J connectivity index is 1.88. The van der Waals surface area contributed by atoms with Gasteiger partial charge in [-0.25, -0.2) is 0 Å². The van der Waals surface area contributed by atoms with Crippen LogP contribution in [0.4, 0.5) is 0 Å². The molecule has 0 bridgehead atoms. The summed E-state index contributed by atoms with van der Waals surface area (Å²) in [5, 5.41) is 12.3. The van der Waals surface area contributed by atoms with Crippen molar-refractivity contribution in [1.29, 1.82) is 0 Å². The lowest BCUT2D eigenvalue weighted by Gasteiger charge is -2.18. The van der Waals surface area contributed by atoms with Gasteiger partial charge in [0.15, 0.2) is 0 Å². The molecule has 0 aromatic rings. The largest absolute Gasteiger partial charge is 0.388 e. The zero-order valence-electron chi connectivity index (χ0n) is 8.45. The van der Waals surface area contributed by atoms with Crippen molar-refractivity contribution in [2.24, 2.45) is 5.41 Å². The van der Waals surface area contributed by atoms with Gasteiger partial charge in [-0.3, -0.25) is 4.79 Å². The number of rotatable bonds is 3. The van der Waals surface area contributed by atoms with Crippen LogP contribution < -0.4 is 5.32 Å². The maximum atomic E-state index is 11.8. The van der Waals surface area contributed by atoms with Crippen molar-refractivity contribution in [2.45, 2.75) is 38.3 Å². The number of carbonyl (C=O) groups excluding carboxylic acids is 1. The maximum Gasteiger partial charge on any atom is 0.226 e. The monoisotopic (exact) mass is 199 g/mol. The fraction of sp³-hybridized carbons (Fsp3) is 0.900. The highest BCUT2D eigenvalue weighted by atomic mass is 16.5. The third-order valence-corrected chi connectivity index (χ3v) is 3.38. The van der Waals surface area contributed by atoms with Crippen LogP contribution in [0.1, 0.15) is 26.2 Å². The van der Waals surface area contributed by atoms with Crippen LogP contribution in [0.15, 0.2) is 0 Å². The Kier molecular flexibility index (Phi) is 2.49. The molecule has 1 heterocycles. The zero-order chi connectivity index (χ0) is 10.2. The standard InChI is InChI=1S/C10H17NO3/c1-2-10(3-4-10)9(13)11-7-5-14-6-8(7)12/h7-8,12H,2-6H2,1H3,(H,11,13)/t7-,8-/m1/s1. The summed E-state index contributed by atoms with van der Waals surface area (Å²) in [5.74, 6) is 0.0922. The van der Waals surface area contributed by atoms with Crippen LogP contribution in [0, 0.1) is 5.41 Å². The number of ether oxygens (including phenoxy) is 1. The van der Waals surface area contributed by atoms with Crippen molar-refractivity contribution in [3.8, 4) is 0 Å². The molecule has 0 spiro atoms. The van der Waals surface area contributed by atoms with Crippen molar-refractivity contribution >= 4 is 5.91 Å². The summed E-state index contributed by atoms with van der Waals surface area (Å²) in [4.78, 5) is 11.8. The summed E-state index contributed by atoms with van der Waals surface area (Å²) in [6.07, 6.45) is 2.33. The Labute approximate surface area is 83.6 Å². The highest BCUT2D eigenvalue weighted by Crippen LogP contribution is 2.48. The number of carbonyl (C=O) groups is 1. The second-order valence-corrected chi connectivity index (χ2v) is 4.32. The van der Waals surface area contributed by atoms with Gasteiger partial charge in [0.2, 0.25) is 5.91 Å². The smallest absolute Gasteiger partial charge is 0.226 e. The number of amides is 1. The van der Waals surface area contributed by atoms with Crippen molar-refractivity contribution < 1.29 is 14.6 Å². The molecule has 0 radical (unpaired) electrons. The van der Waals surface area contributed by atoms with Gasteiger partial charge >= 0.3 is 0 Å². The van der Waals surface area contributed by atoms with E-state index in [1.807, 2.05) is 6.92 Å². The van der Waals surface area contributed by atoms with Gasteiger partial charge in [-0.05, 0) is 19.3 Å². The molecule has 0 aromatic carbocycles. The minimum Gasteiger partial charge on any atom is -0.388 e. The van der Waals surface area contributed by atoms with Gasteiger partial charge in [0.25, 0.3) is 0 Å². The zero-order valence-corrected chi connectivity index (χ0v) is 8.45. The summed E-state index contributed by atoms with van der Waals surface area (Å²) >= 11 is 0. The Morgan fingerprint density at radius 2 is 2.29 bits per heavy atom. The van der Waals surface area contributed by atoms with Crippen molar-refractivity contribution in [2.75, 3.05) is 13.2 Å². The van der Waals surface area contributed by atoms with E-state index in [1.54, 1.807) is 0 Å². The number of aliphatic hydroxyl groups excluding tert-OH is 1. The van der Waals surface area contributed by atoms with E-state index >= 15 is 0 Å². The molecule has 1 amide bonds. The second kappa shape index (κ2) is 3.51. The highest BCUT2D eigenvalue weighted by molar-refractivity contribution is 5.85. The van der Waals surface area contributed by atoms with Crippen LogP contribution in [-0.2, 0) is 9.53 Å². The lowest BCUT2D eigenvalue weighted by Crippen LogP contribution is -2.45. The molecule has 0 aromatic heterocycles. The van der Waals surface area contributed by atoms with Crippen LogP contribution in [0.25, 0.3) is 0 Å². The quantitative estimate of drug-likeness (QED) is 0.675. The Morgan fingerprint density at radius 3 is 2.71 bits per heavy atom. The number of hydrogen-bond acceptors (Lipinski definition) is 3. The fourth-order valence-corrected chi connectivity index (χ4v) is 1.89. The highest BCUT2D eigenvalue weighted by Gasteiger charge is 2.49. The average Bonchev–Trinajstić information content (AvgIpc) is 2.89. The van der Waals surface area contributed by atoms with E-state index in [0.29, 0.717) is 13.2 Å². The normalized spacial score (nSPS) is 34.1. The number of aliphatic hydroxyl groups is 1. The first-order valence-corrected chi connectivity index (χ1v) is 5.25. The first-order chi connectivity index (χ1) is 6.68. The average molecular weight is 199 g/mol. The molecular formula is C10H17NO3. The van der Waals surface area contributed by atoms with E-state index in [2.05, 4.69) is 5.32 Å². The molecule has 14 heavy (non-hydrogen) atoms. The van der Waals surface area contributed by atoms with E-state index in [0.717, 1.165) is 19.3 Å². The van der Waals surface area contributed by atoms with Gasteiger partial charge in [-0.2, -0.15) is 0 Å². The van der Waals surface area contributed by atoms with Crippen LogP contribution in [-0.4, -0.2) is 36.4 Å². The summed E-state index contributed by atoms with van der Waals surface area (Å²) in [7, 11) is 0. The first-order valence-electron chi connectivity index (χ1n) is 5.25. The number of hydrogen-bond donors (Lipinski definition) is 2. The third kappa shape index (κ3) is 1.64. The molecule has 1 aliphatic carbocycles. The predicted octanol–water partition coefficient (Wildman–Crippen LogP) is 0.0525. The van der Waals surface area contributed by atoms with E-state index in [1.165, 1.54) is 0 Å². The topological polar surface area (TPSA) is 58.6 Å². The van der Waals surface area contributed by atoms with Crippen LogP contribution >= 0.6 is 0 Å². The third-order valence-electron chi connectivity index (χ3n) is 3.38. The maximum absolute atomic E-state index is 11.8. The molecule has 2 aliphatic rings. The summed E-state index contributed by atoms with van der Waals surface area (Å²) < 4.78 is 5.07. The molecule has 4 heteroatoms. The fourth-order valence-electron chi connectivity index (χ4n) is 1.89. The predicted molar refractivity (Wildman–Crippen MR) is 50.7 cm³/mol. The van der Waals surface area contributed by atoms with E-state index in [4.69, 9.17) is 4.74 Å². The minimum absolute atomic E-state index is 0.0922. The van der Waals surface area contributed by atoms with E-state index in [9.17, 15) is 9.90 Å². The lowest BCUT2D eigenvalue weighted by atomic mass is 10.0.